The summed E-state index contributed by atoms with van der Waals surface area (Å²) in [7, 11) is 4.03. The molecule has 0 radical (unpaired) electrons. The summed E-state index contributed by atoms with van der Waals surface area (Å²) in [6.45, 7) is 6.95. The van der Waals surface area contributed by atoms with Crippen LogP contribution < -0.4 is 4.90 Å². The Balaban J connectivity index is 3.00. The van der Waals surface area contributed by atoms with E-state index in [1.807, 2.05) is 0 Å². The Labute approximate surface area is 65.4 Å². The van der Waals surface area contributed by atoms with E-state index >= 15 is 0 Å². The number of hydrogen-bond acceptors (Lipinski definition) is 0. The largest absolute Gasteiger partial charge is 0.468 e. The Bertz CT molecular complexity index is 53.7. The van der Waals surface area contributed by atoms with Gasteiger partial charge in [0.25, 0.3) is 0 Å². The summed E-state index contributed by atoms with van der Waals surface area (Å²) in [5.41, 5.74) is 0. The molecule has 1 heteroatoms. The second-order valence-corrected chi connectivity index (χ2v) is 2.96. The molecule has 0 aliphatic heterocycles. The molecule has 0 aliphatic carbocycles. The number of rotatable bonds is 6. The van der Waals surface area contributed by atoms with Gasteiger partial charge in [0.15, 0.2) is 0 Å². The molecule has 0 saturated carbocycles. The molecule has 1 N–H and O–H groups in total. The van der Waals surface area contributed by atoms with Gasteiger partial charge in [-0.1, -0.05) is 26.7 Å². The average Bonchev–Trinajstić information content (AvgIpc) is 1.97. The quantitative estimate of drug-likeness (QED) is 0.534. The normalized spacial score (nSPS) is 10.8. The third-order valence-electron chi connectivity index (χ3n) is 1.77. The highest BCUT2D eigenvalue weighted by atomic mass is 15.1. The van der Waals surface area contributed by atoms with Gasteiger partial charge in [-0.05, 0) is 12.8 Å². The van der Waals surface area contributed by atoms with Crippen molar-refractivity contribution in [2.45, 2.75) is 39.5 Å². The van der Waals surface area contributed by atoms with Crippen molar-refractivity contribution in [3.05, 3.63) is 7.05 Å². The molecule has 0 aromatic rings. The molecular weight excluding hydrogens is 122 g/mol. The molecule has 1 nitrogen and oxygen atoms in total. The van der Waals surface area contributed by atoms with Crippen LogP contribution in [-0.4, -0.2) is 13.1 Å². The van der Waals surface area contributed by atoms with Crippen LogP contribution in [0, 0.1) is 7.05 Å². The number of quaternary nitrogens is 1. The minimum absolute atomic E-state index is 1.25. The first-order valence-electron chi connectivity index (χ1n) is 4.47. The average molecular weight is 143 g/mol. The van der Waals surface area contributed by atoms with Crippen LogP contribution in [0.3, 0.4) is 0 Å². The standard InChI is InChI=1S/C9H21N/c1-4-6-8-10(3)9-7-5-2/h10H,3-9H2,1-2H3. The SMILES string of the molecule is [CH2-][NH+](CCCC)CCCC. The lowest BCUT2D eigenvalue weighted by Crippen LogP contribution is -3.06. The van der Waals surface area contributed by atoms with Crippen LogP contribution in [0.1, 0.15) is 39.5 Å². The van der Waals surface area contributed by atoms with Crippen molar-refractivity contribution >= 4 is 0 Å². The number of unbranched alkanes of at least 4 members (excludes halogenated alkanes) is 2. The van der Waals surface area contributed by atoms with E-state index in [0.29, 0.717) is 0 Å². The Hall–Kier alpha value is -0.0400. The third kappa shape index (κ3) is 6.09. The van der Waals surface area contributed by atoms with Gasteiger partial charge in [0, 0.05) is 0 Å². The molecule has 0 unspecified atom stereocenters. The zero-order valence-electron chi connectivity index (χ0n) is 7.45. The van der Waals surface area contributed by atoms with Gasteiger partial charge in [0.1, 0.15) is 0 Å². The smallest absolute Gasteiger partial charge is 0.0530 e. The van der Waals surface area contributed by atoms with Crippen LogP contribution in [0.5, 0.6) is 0 Å². The predicted octanol–water partition coefficient (Wildman–Crippen LogP) is 1.26. The van der Waals surface area contributed by atoms with Gasteiger partial charge in [0.2, 0.25) is 0 Å². The molecule has 0 rings (SSSR count). The monoisotopic (exact) mass is 143 g/mol. The van der Waals surface area contributed by atoms with Crippen LogP contribution in [0.4, 0.5) is 0 Å². The van der Waals surface area contributed by atoms with E-state index in [1.54, 1.807) is 0 Å². The van der Waals surface area contributed by atoms with Gasteiger partial charge in [-0.3, -0.25) is 0 Å². The summed E-state index contributed by atoms with van der Waals surface area (Å²) < 4.78 is 0. The summed E-state index contributed by atoms with van der Waals surface area (Å²) in [5, 5.41) is 0. The van der Waals surface area contributed by atoms with Crippen LogP contribution in [0.2, 0.25) is 0 Å². The minimum atomic E-state index is 1.25. The molecule has 0 heterocycles. The van der Waals surface area contributed by atoms with Crippen molar-refractivity contribution in [3.8, 4) is 0 Å². The lowest BCUT2D eigenvalue weighted by Gasteiger charge is -2.19. The molecule has 0 aromatic carbocycles. The molecular formula is C9H21N. The molecule has 0 amide bonds. The second-order valence-electron chi connectivity index (χ2n) is 2.96. The van der Waals surface area contributed by atoms with Gasteiger partial charge in [-0.2, -0.15) is 7.05 Å². The van der Waals surface area contributed by atoms with Gasteiger partial charge in [-0.25, -0.2) is 0 Å². The van der Waals surface area contributed by atoms with Crippen molar-refractivity contribution in [2.24, 2.45) is 0 Å². The predicted molar refractivity (Wildman–Crippen MR) is 45.9 cm³/mol. The molecule has 0 aromatic heterocycles. The van der Waals surface area contributed by atoms with E-state index in [9.17, 15) is 0 Å². The maximum absolute atomic E-state index is 4.03. The number of nitrogens with one attached hydrogen (secondary N) is 1. The first-order chi connectivity index (χ1) is 4.81. The second kappa shape index (κ2) is 7.07. The summed E-state index contributed by atoms with van der Waals surface area (Å²) in [5.74, 6) is 0. The maximum atomic E-state index is 4.03. The Morgan fingerprint density at radius 2 is 1.40 bits per heavy atom. The van der Waals surface area contributed by atoms with E-state index in [-0.39, 0.29) is 0 Å². The van der Waals surface area contributed by atoms with Gasteiger partial charge < -0.3 is 4.90 Å². The Morgan fingerprint density at radius 1 is 1.00 bits per heavy atom. The summed E-state index contributed by atoms with van der Waals surface area (Å²) in [6.07, 6.45) is 5.24. The van der Waals surface area contributed by atoms with Crippen molar-refractivity contribution in [1.29, 1.82) is 0 Å². The van der Waals surface area contributed by atoms with Gasteiger partial charge in [-0.15, -0.1) is 0 Å². The lowest BCUT2D eigenvalue weighted by molar-refractivity contribution is -0.854. The first kappa shape index (κ1) is 9.96. The minimum Gasteiger partial charge on any atom is -0.468 e. The maximum Gasteiger partial charge on any atom is 0.0530 e. The highest BCUT2D eigenvalue weighted by molar-refractivity contribution is 4.33. The highest BCUT2D eigenvalue weighted by Gasteiger charge is 1.92. The molecule has 62 valence electrons. The van der Waals surface area contributed by atoms with E-state index in [0.717, 1.165) is 0 Å². The summed E-state index contributed by atoms with van der Waals surface area (Å²) >= 11 is 0. The number of hydrogen-bond donors (Lipinski definition) is 1. The van der Waals surface area contributed by atoms with E-state index in [2.05, 4.69) is 20.9 Å². The molecule has 0 saturated heterocycles. The van der Waals surface area contributed by atoms with Crippen molar-refractivity contribution in [2.75, 3.05) is 13.1 Å². The van der Waals surface area contributed by atoms with Crippen LogP contribution in [-0.2, 0) is 0 Å². The highest BCUT2D eigenvalue weighted by Crippen LogP contribution is 1.81. The van der Waals surface area contributed by atoms with Crippen molar-refractivity contribution in [3.63, 3.8) is 0 Å². The van der Waals surface area contributed by atoms with Crippen LogP contribution in [0.15, 0.2) is 0 Å². The van der Waals surface area contributed by atoms with Crippen molar-refractivity contribution in [1.82, 2.24) is 0 Å². The molecule has 10 heavy (non-hydrogen) atoms. The first-order valence-corrected chi connectivity index (χ1v) is 4.47. The fourth-order valence-corrected chi connectivity index (χ4v) is 0.979. The molecule has 0 atom stereocenters. The van der Waals surface area contributed by atoms with E-state index in [1.165, 1.54) is 43.7 Å². The third-order valence-corrected chi connectivity index (χ3v) is 1.77. The van der Waals surface area contributed by atoms with Gasteiger partial charge in [0.05, 0.1) is 13.1 Å². The summed E-state index contributed by atoms with van der Waals surface area (Å²) in [4.78, 5) is 1.45. The Kier molecular flexibility index (Phi) is 7.04. The fraction of sp³-hybridized carbons (Fsp3) is 0.889. The zero-order valence-corrected chi connectivity index (χ0v) is 7.45. The van der Waals surface area contributed by atoms with Crippen LogP contribution in [0.25, 0.3) is 0 Å². The zero-order chi connectivity index (χ0) is 7.82. The molecule has 0 bridgehead atoms. The van der Waals surface area contributed by atoms with E-state index in [4.69, 9.17) is 0 Å². The summed E-state index contributed by atoms with van der Waals surface area (Å²) in [6, 6.07) is 0. The molecule has 0 spiro atoms. The molecule has 0 aliphatic rings. The Morgan fingerprint density at radius 3 is 1.70 bits per heavy atom. The topological polar surface area (TPSA) is 4.44 Å². The van der Waals surface area contributed by atoms with Crippen LogP contribution >= 0.6 is 0 Å². The van der Waals surface area contributed by atoms with Gasteiger partial charge >= 0.3 is 0 Å². The van der Waals surface area contributed by atoms with E-state index < -0.39 is 0 Å². The fourth-order valence-electron chi connectivity index (χ4n) is 0.979. The molecule has 0 fully saturated rings. The van der Waals surface area contributed by atoms with Crippen molar-refractivity contribution < 1.29 is 4.90 Å². The lowest BCUT2D eigenvalue weighted by atomic mass is 10.3.